The monoisotopic (exact) mass is 555 g/mol. The number of carbonyl (C=O) groups excluding carboxylic acids is 3. The quantitative estimate of drug-likeness (QED) is 0.531. The highest BCUT2D eigenvalue weighted by atomic mass is 16.5. The van der Waals surface area contributed by atoms with Crippen LogP contribution in [-0.2, 0) is 25.7 Å². The van der Waals surface area contributed by atoms with Crippen LogP contribution in [0.3, 0.4) is 0 Å². The molecule has 0 bridgehead atoms. The van der Waals surface area contributed by atoms with Crippen LogP contribution in [0.2, 0.25) is 0 Å². The van der Waals surface area contributed by atoms with E-state index in [4.69, 9.17) is 4.74 Å². The number of fused-ring (bicyclic) bond motifs is 2. The molecule has 1 spiro atoms. The molecule has 1 N–H and O–H groups in total. The van der Waals surface area contributed by atoms with Crippen molar-refractivity contribution in [2.24, 2.45) is 11.8 Å². The summed E-state index contributed by atoms with van der Waals surface area (Å²) >= 11 is 0. The van der Waals surface area contributed by atoms with Crippen LogP contribution in [0.25, 0.3) is 0 Å². The van der Waals surface area contributed by atoms with Gasteiger partial charge in [-0.3, -0.25) is 14.4 Å². The second-order valence-corrected chi connectivity index (χ2v) is 11.6. The maximum absolute atomic E-state index is 14.7. The number of aliphatic hydroxyl groups is 1. The number of likely N-dealkylation sites (tertiary alicyclic amines) is 1. The largest absolute Gasteiger partial charge is 0.394 e. The Morgan fingerprint density at radius 2 is 1.54 bits per heavy atom. The predicted octanol–water partition coefficient (Wildman–Crippen LogP) is 3.10. The van der Waals surface area contributed by atoms with Crippen LogP contribution < -0.4 is 0 Å². The van der Waals surface area contributed by atoms with Crippen molar-refractivity contribution in [3.63, 3.8) is 0 Å². The first kappa shape index (κ1) is 27.4. The minimum Gasteiger partial charge on any atom is -0.394 e. The first-order valence-corrected chi connectivity index (χ1v) is 14.5. The molecule has 6 atom stereocenters. The van der Waals surface area contributed by atoms with Gasteiger partial charge in [0.2, 0.25) is 17.7 Å². The van der Waals surface area contributed by atoms with E-state index in [0.29, 0.717) is 26.2 Å². The third kappa shape index (κ3) is 4.32. The van der Waals surface area contributed by atoms with Crippen molar-refractivity contribution >= 4 is 17.7 Å². The average molecular weight is 556 g/mol. The number of hydrogen-bond donors (Lipinski definition) is 1. The van der Waals surface area contributed by atoms with Crippen molar-refractivity contribution in [2.45, 2.75) is 50.1 Å². The number of hydrogen-bond acceptors (Lipinski definition) is 5. The number of carbonyl (C=O) groups is 3. The Hall–Kier alpha value is -3.75. The molecule has 4 aliphatic heterocycles. The van der Waals surface area contributed by atoms with Gasteiger partial charge in [-0.05, 0) is 24.5 Å². The van der Waals surface area contributed by atoms with Crippen molar-refractivity contribution in [3.8, 4) is 0 Å². The van der Waals surface area contributed by atoms with E-state index in [-0.39, 0.29) is 24.3 Å². The van der Waals surface area contributed by atoms with E-state index in [9.17, 15) is 19.5 Å². The van der Waals surface area contributed by atoms with Crippen molar-refractivity contribution in [2.75, 3.05) is 26.2 Å². The SMILES string of the molecule is CCCN1CC=C[C@@]2(C)O[C@]34C=CCN(Cc5ccccc5)C(=O)C3N([C@H](CO)c3ccccc3)C(=O)[C@@H]4[C@H]2C1=O. The lowest BCUT2D eigenvalue weighted by molar-refractivity contribution is -0.156. The molecule has 8 heteroatoms. The Bertz CT molecular complexity index is 1380. The highest BCUT2D eigenvalue weighted by Gasteiger charge is 2.75. The first-order chi connectivity index (χ1) is 19.8. The van der Waals surface area contributed by atoms with Crippen LogP contribution in [0.5, 0.6) is 0 Å². The second-order valence-electron chi connectivity index (χ2n) is 11.6. The predicted molar refractivity (Wildman–Crippen MR) is 153 cm³/mol. The van der Waals surface area contributed by atoms with Crippen molar-refractivity contribution in [1.29, 1.82) is 0 Å². The van der Waals surface area contributed by atoms with E-state index in [1.165, 1.54) is 4.90 Å². The molecule has 41 heavy (non-hydrogen) atoms. The standard InChI is InChI=1S/C33H37N3O5/c1-3-18-34-19-10-16-32(2)26(29(34)38)27-30(39)36(25(22-37)24-14-8-5-9-15-24)28-31(40)35(20-11-17-33(27,28)41-32)21-23-12-6-4-7-13-23/h4-17,25-28,37H,3,18-22H2,1-2H3/t25-,26+,27+,28?,32-,33+/m1/s1. The molecular formula is C33H37N3O5. The molecular weight excluding hydrogens is 518 g/mol. The van der Waals surface area contributed by atoms with Gasteiger partial charge in [0, 0.05) is 26.2 Å². The van der Waals surface area contributed by atoms with Crippen LogP contribution in [0, 0.1) is 11.8 Å². The molecule has 3 amide bonds. The van der Waals surface area contributed by atoms with Gasteiger partial charge in [0.1, 0.15) is 11.6 Å². The number of ether oxygens (including phenoxy) is 1. The summed E-state index contributed by atoms with van der Waals surface area (Å²) in [5.41, 5.74) is -0.741. The molecule has 2 saturated heterocycles. The summed E-state index contributed by atoms with van der Waals surface area (Å²) in [6.07, 6.45) is 8.38. The van der Waals surface area contributed by atoms with Crippen LogP contribution in [0.1, 0.15) is 37.4 Å². The highest BCUT2D eigenvalue weighted by molar-refractivity contribution is 6.00. The molecule has 4 aliphatic rings. The summed E-state index contributed by atoms with van der Waals surface area (Å²) in [4.78, 5) is 48.5. The zero-order valence-corrected chi connectivity index (χ0v) is 23.6. The summed E-state index contributed by atoms with van der Waals surface area (Å²) in [6, 6.07) is 17.2. The lowest BCUT2D eigenvalue weighted by atomic mass is 9.74. The summed E-state index contributed by atoms with van der Waals surface area (Å²) in [6.45, 7) is 5.23. The molecule has 1 unspecified atom stereocenters. The number of amides is 3. The van der Waals surface area contributed by atoms with Crippen LogP contribution in [0.15, 0.2) is 85.0 Å². The van der Waals surface area contributed by atoms with Crippen LogP contribution in [0.4, 0.5) is 0 Å². The fourth-order valence-corrected chi connectivity index (χ4v) is 7.34. The van der Waals surface area contributed by atoms with Crippen LogP contribution in [-0.4, -0.2) is 81.0 Å². The molecule has 0 aliphatic carbocycles. The fraction of sp³-hybridized carbons (Fsp3) is 0.424. The minimum absolute atomic E-state index is 0.137. The van der Waals surface area contributed by atoms with Gasteiger partial charge in [-0.25, -0.2) is 0 Å². The summed E-state index contributed by atoms with van der Waals surface area (Å²) < 4.78 is 6.91. The van der Waals surface area contributed by atoms with E-state index in [1.807, 2.05) is 98.8 Å². The molecule has 2 aromatic carbocycles. The zero-order chi connectivity index (χ0) is 28.8. The van der Waals surface area contributed by atoms with Gasteiger partial charge >= 0.3 is 0 Å². The van der Waals surface area contributed by atoms with Gasteiger partial charge < -0.3 is 24.5 Å². The van der Waals surface area contributed by atoms with Crippen molar-refractivity contribution in [3.05, 3.63) is 96.1 Å². The molecule has 2 fully saturated rings. The topological polar surface area (TPSA) is 90.4 Å². The van der Waals surface area contributed by atoms with E-state index < -0.39 is 35.1 Å². The number of rotatable bonds is 7. The Morgan fingerprint density at radius 3 is 2.22 bits per heavy atom. The molecule has 6 rings (SSSR count). The maximum Gasteiger partial charge on any atom is 0.249 e. The number of nitrogens with zero attached hydrogens (tertiary/aromatic N) is 3. The second kappa shape index (κ2) is 10.6. The van der Waals surface area contributed by atoms with Crippen molar-refractivity contribution < 1.29 is 24.2 Å². The zero-order valence-electron chi connectivity index (χ0n) is 23.6. The number of benzene rings is 2. The van der Waals surface area contributed by atoms with Gasteiger partial charge in [0.15, 0.2) is 0 Å². The van der Waals surface area contributed by atoms with Gasteiger partial charge in [0.05, 0.1) is 30.1 Å². The summed E-state index contributed by atoms with van der Waals surface area (Å²) in [7, 11) is 0. The Morgan fingerprint density at radius 1 is 0.878 bits per heavy atom. The Kier molecular flexibility index (Phi) is 7.08. The molecule has 0 saturated carbocycles. The van der Waals surface area contributed by atoms with Gasteiger partial charge in [-0.1, -0.05) is 91.9 Å². The third-order valence-corrected chi connectivity index (χ3v) is 9.06. The Labute approximate surface area is 240 Å². The highest BCUT2D eigenvalue weighted by Crippen LogP contribution is 2.58. The lowest BCUT2D eigenvalue weighted by Crippen LogP contribution is -2.56. The molecule has 8 nitrogen and oxygen atoms in total. The molecule has 0 aromatic heterocycles. The van der Waals surface area contributed by atoms with Gasteiger partial charge in [-0.2, -0.15) is 0 Å². The normalized spacial score (nSPS) is 31.5. The smallest absolute Gasteiger partial charge is 0.249 e. The van der Waals surface area contributed by atoms with E-state index in [0.717, 1.165) is 17.5 Å². The van der Waals surface area contributed by atoms with E-state index in [2.05, 4.69) is 0 Å². The van der Waals surface area contributed by atoms with Gasteiger partial charge in [0.25, 0.3) is 0 Å². The minimum atomic E-state index is -1.36. The summed E-state index contributed by atoms with van der Waals surface area (Å²) in [5, 5.41) is 10.7. The van der Waals surface area contributed by atoms with E-state index in [1.54, 1.807) is 9.80 Å². The summed E-state index contributed by atoms with van der Waals surface area (Å²) in [5.74, 6) is -2.46. The molecule has 0 radical (unpaired) electrons. The van der Waals surface area contributed by atoms with Gasteiger partial charge in [-0.15, -0.1) is 0 Å². The van der Waals surface area contributed by atoms with Crippen molar-refractivity contribution in [1.82, 2.24) is 14.7 Å². The molecule has 2 aromatic rings. The lowest BCUT2D eigenvalue weighted by Gasteiger charge is -2.40. The Balaban J connectivity index is 1.49. The average Bonchev–Trinajstić information content (AvgIpc) is 3.26. The van der Waals surface area contributed by atoms with Crippen LogP contribution >= 0.6 is 0 Å². The fourth-order valence-electron chi connectivity index (χ4n) is 7.34. The third-order valence-electron chi connectivity index (χ3n) is 9.06. The maximum atomic E-state index is 14.7. The van der Waals surface area contributed by atoms with E-state index >= 15 is 0 Å². The number of aliphatic hydroxyl groups excluding tert-OH is 1. The first-order valence-electron chi connectivity index (χ1n) is 14.5. The molecule has 4 heterocycles. The molecule has 214 valence electrons.